The molecule has 0 aromatic carbocycles. The molecule has 1 saturated carbocycles. The highest BCUT2D eigenvalue weighted by molar-refractivity contribution is 6.32. The number of hydrogen-bond acceptors (Lipinski definition) is 5. The molecule has 0 aliphatic heterocycles. The van der Waals surface area contributed by atoms with Crippen LogP contribution in [0.2, 0.25) is 5.02 Å². The fraction of sp³-hybridized carbons (Fsp3) is 0.636. The van der Waals surface area contributed by atoms with Crippen molar-refractivity contribution < 1.29 is 0 Å². The minimum Gasteiger partial charge on any atom is -0.353 e. The van der Waals surface area contributed by atoms with Crippen molar-refractivity contribution in [2.24, 2.45) is 11.8 Å². The average Bonchev–Trinajstić information content (AvgIpc) is 3.10. The van der Waals surface area contributed by atoms with Gasteiger partial charge in [-0.25, -0.2) is 10.8 Å². The van der Waals surface area contributed by atoms with E-state index in [1.165, 1.54) is 12.8 Å². The van der Waals surface area contributed by atoms with Crippen LogP contribution in [-0.4, -0.2) is 22.6 Å². The number of halogens is 1. The molecule has 0 saturated heterocycles. The van der Waals surface area contributed by atoms with E-state index in [1.54, 1.807) is 6.20 Å². The molecule has 0 bridgehead atoms. The first-order valence-electron chi connectivity index (χ1n) is 5.87. The lowest BCUT2D eigenvalue weighted by atomic mass is 10.2. The lowest BCUT2D eigenvalue weighted by Crippen LogP contribution is -2.34. The molecule has 5 nitrogen and oxygen atoms in total. The van der Waals surface area contributed by atoms with Crippen LogP contribution in [0.15, 0.2) is 6.20 Å². The number of nitrogens with zero attached hydrogens (tertiary/aromatic N) is 3. The predicted octanol–water partition coefficient (Wildman–Crippen LogP) is 2.04. The zero-order valence-corrected chi connectivity index (χ0v) is 10.9. The topological polar surface area (TPSA) is 67.1 Å². The van der Waals surface area contributed by atoms with Gasteiger partial charge < -0.3 is 4.90 Å². The van der Waals surface area contributed by atoms with Crippen LogP contribution in [0.25, 0.3) is 0 Å². The number of nitrogens with one attached hydrogen (secondary N) is 1. The summed E-state index contributed by atoms with van der Waals surface area (Å²) in [5.41, 5.74) is 2.45. The molecule has 1 fully saturated rings. The number of nitrogens with two attached hydrogens (primary N) is 1. The van der Waals surface area contributed by atoms with Crippen molar-refractivity contribution in [3.63, 3.8) is 0 Å². The number of hydrogen-bond donors (Lipinski definition) is 2. The van der Waals surface area contributed by atoms with Crippen LogP contribution in [0.3, 0.4) is 0 Å². The highest BCUT2D eigenvalue weighted by Gasteiger charge is 2.27. The molecule has 2 rings (SSSR count). The van der Waals surface area contributed by atoms with Gasteiger partial charge in [0, 0.05) is 12.6 Å². The van der Waals surface area contributed by atoms with Gasteiger partial charge in [0.15, 0.2) is 5.82 Å². The molecule has 0 atom stereocenters. The summed E-state index contributed by atoms with van der Waals surface area (Å²) in [6, 6.07) is 0.355. The number of anilines is 2. The van der Waals surface area contributed by atoms with E-state index in [0.29, 0.717) is 17.0 Å². The van der Waals surface area contributed by atoms with E-state index in [9.17, 15) is 0 Å². The van der Waals surface area contributed by atoms with Gasteiger partial charge in [-0.05, 0) is 32.6 Å². The molecule has 0 radical (unpaired) electrons. The third-order valence-electron chi connectivity index (χ3n) is 2.90. The van der Waals surface area contributed by atoms with Crippen LogP contribution in [0, 0.1) is 5.92 Å². The smallest absolute Gasteiger partial charge is 0.239 e. The van der Waals surface area contributed by atoms with E-state index in [0.717, 1.165) is 18.3 Å². The lowest BCUT2D eigenvalue weighted by Gasteiger charge is -2.28. The Kier molecular flexibility index (Phi) is 3.69. The van der Waals surface area contributed by atoms with Crippen LogP contribution < -0.4 is 16.2 Å². The Hall–Kier alpha value is -1.07. The van der Waals surface area contributed by atoms with Gasteiger partial charge in [-0.3, -0.25) is 5.43 Å². The molecule has 0 amide bonds. The number of hydrazine groups is 1. The molecule has 1 aromatic heterocycles. The van der Waals surface area contributed by atoms with Gasteiger partial charge in [0.2, 0.25) is 5.95 Å². The first-order valence-corrected chi connectivity index (χ1v) is 6.25. The van der Waals surface area contributed by atoms with Crippen molar-refractivity contribution in [1.29, 1.82) is 0 Å². The Bertz CT molecular complexity index is 391. The lowest BCUT2D eigenvalue weighted by molar-refractivity contribution is 0.636. The fourth-order valence-electron chi connectivity index (χ4n) is 1.75. The van der Waals surface area contributed by atoms with E-state index in [2.05, 4.69) is 34.1 Å². The Morgan fingerprint density at radius 1 is 1.59 bits per heavy atom. The van der Waals surface area contributed by atoms with Gasteiger partial charge in [-0.15, -0.1) is 0 Å². The van der Waals surface area contributed by atoms with Gasteiger partial charge in [-0.1, -0.05) is 11.6 Å². The predicted molar refractivity (Wildman–Crippen MR) is 70.1 cm³/mol. The summed E-state index contributed by atoms with van der Waals surface area (Å²) in [4.78, 5) is 10.5. The van der Waals surface area contributed by atoms with Gasteiger partial charge >= 0.3 is 0 Å². The van der Waals surface area contributed by atoms with Crippen LogP contribution in [0.1, 0.15) is 26.7 Å². The quantitative estimate of drug-likeness (QED) is 0.623. The van der Waals surface area contributed by atoms with Crippen molar-refractivity contribution in [1.82, 2.24) is 9.97 Å². The molecule has 0 unspecified atom stereocenters. The molecular weight excluding hydrogens is 238 g/mol. The Morgan fingerprint density at radius 3 is 2.82 bits per heavy atom. The fourth-order valence-corrected chi connectivity index (χ4v) is 1.95. The van der Waals surface area contributed by atoms with Crippen molar-refractivity contribution in [3.05, 3.63) is 11.2 Å². The first-order chi connectivity index (χ1) is 8.11. The summed E-state index contributed by atoms with van der Waals surface area (Å²) in [7, 11) is 0. The zero-order chi connectivity index (χ0) is 12.4. The van der Waals surface area contributed by atoms with Gasteiger partial charge in [-0.2, -0.15) is 4.98 Å². The standard InChI is InChI=1S/C11H18ClN5/c1-7(2)17(6-8-3-4-8)10-9(12)5-14-11(15-10)16-13/h5,7-8H,3-4,6,13H2,1-2H3,(H,14,15,16). The van der Waals surface area contributed by atoms with Crippen LogP contribution in [0.4, 0.5) is 11.8 Å². The maximum Gasteiger partial charge on any atom is 0.239 e. The third-order valence-corrected chi connectivity index (χ3v) is 3.17. The highest BCUT2D eigenvalue weighted by atomic mass is 35.5. The monoisotopic (exact) mass is 255 g/mol. The minimum atomic E-state index is 0.355. The third kappa shape index (κ3) is 2.98. The number of aromatic nitrogens is 2. The summed E-state index contributed by atoms with van der Waals surface area (Å²) in [5, 5.41) is 0.568. The molecule has 1 aromatic rings. The molecule has 1 aliphatic rings. The van der Waals surface area contributed by atoms with Crippen molar-refractivity contribution >= 4 is 23.4 Å². The second kappa shape index (κ2) is 5.06. The summed E-state index contributed by atoms with van der Waals surface area (Å²) >= 11 is 6.16. The summed E-state index contributed by atoms with van der Waals surface area (Å²) < 4.78 is 0. The van der Waals surface area contributed by atoms with E-state index < -0.39 is 0 Å². The van der Waals surface area contributed by atoms with E-state index in [1.807, 2.05) is 0 Å². The molecule has 0 spiro atoms. The van der Waals surface area contributed by atoms with Crippen LogP contribution >= 0.6 is 11.6 Å². The molecule has 17 heavy (non-hydrogen) atoms. The van der Waals surface area contributed by atoms with Crippen LogP contribution in [0.5, 0.6) is 0 Å². The molecule has 1 heterocycles. The molecule has 1 aliphatic carbocycles. The van der Waals surface area contributed by atoms with Gasteiger partial charge in [0.1, 0.15) is 5.02 Å². The zero-order valence-electron chi connectivity index (χ0n) is 10.2. The SMILES string of the molecule is CC(C)N(CC1CC1)c1nc(NN)ncc1Cl. The maximum absolute atomic E-state index is 6.16. The van der Waals surface area contributed by atoms with E-state index in [4.69, 9.17) is 17.4 Å². The number of rotatable bonds is 5. The first kappa shape index (κ1) is 12.4. The van der Waals surface area contributed by atoms with E-state index in [-0.39, 0.29) is 0 Å². The van der Waals surface area contributed by atoms with Gasteiger partial charge in [0.05, 0.1) is 6.20 Å². The molecule has 6 heteroatoms. The summed E-state index contributed by atoms with van der Waals surface area (Å²) in [5.74, 6) is 7.25. The van der Waals surface area contributed by atoms with Crippen molar-refractivity contribution in [2.75, 3.05) is 16.9 Å². The summed E-state index contributed by atoms with van der Waals surface area (Å²) in [6.07, 6.45) is 4.18. The highest BCUT2D eigenvalue weighted by Crippen LogP contribution is 2.34. The van der Waals surface area contributed by atoms with Crippen molar-refractivity contribution in [3.8, 4) is 0 Å². The Labute approximate surface area is 106 Å². The molecule has 94 valence electrons. The second-order valence-electron chi connectivity index (χ2n) is 4.70. The largest absolute Gasteiger partial charge is 0.353 e. The normalized spacial score (nSPS) is 15.1. The van der Waals surface area contributed by atoms with Crippen molar-refractivity contribution in [2.45, 2.75) is 32.7 Å². The average molecular weight is 256 g/mol. The molecular formula is C11H18ClN5. The Morgan fingerprint density at radius 2 is 2.29 bits per heavy atom. The minimum absolute atomic E-state index is 0.355. The van der Waals surface area contributed by atoms with Crippen LogP contribution in [-0.2, 0) is 0 Å². The molecule has 3 N–H and O–H groups in total. The second-order valence-corrected chi connectivity index (χ2v) is 5.11. The maximum atomic E-state index is 6.16. The summed E-state index contributed by atoms with van der Waals surface area (Å²) in [6.45, 7) is 5.27. The van der Waals surface area contributed by atoms with Gasteiger partial charge in [0.25, 0.3) is 0 Å². The Balaban J connectivity index is 2.26. The van der Waals surface area contributed by atoms with E-state index >= 15 is 0 Å². The number of nitrogen functional groups attached to an aromatic ring is 1.